The van der Waals surface area contributed by atoms with Crippen LogP contribution < -0.4 is 4.74 Å². The summed E-state index contributed by atoms with van der Waals surface area (Å²) in [5, 5.41) is 8.88. The Morgan fingerprint density at radius 3 is 2.67 bits per heavy atom. The molecule has 1 amide bonds. The highest BCUT2D eigenvalue weighted by Crippen LogP contribution is 2.18. The Morgan fingerprint density at radius 2 is 2.13 bits per heavy atom. The number of nitrogens with zero attached hydrogens (tertiary/aromatic N) is 1. The molecule has 1 aromatic carbocycles. The molecule has 0 aromatic heterocycles. The van der Waals surface area contributed by atoms with Crippen molar-refractivity contribution in [3.05, 3.63) is 29.8 Å². The third kappa shape index (κ3) is 2.87. The van der Waals surface area contributed by atoms with E-state index in [0.29, 0.717) is 13.1 Å². The highest BCUT2D eigenvalue weighted by Gasteiger charge is 2.11. The summed E-state index contributed by atoms with van der Waals surface area (Å²) in [6, 6.07) is 7.42. The number of hydrogen-bond acceptors (Lipinski definition) is 2. The second-order valence-corrected chi connectivity index (χ2v) is 3.11. The smallest absolute Gasteiger partial charge is 0.407 e. The van der Waals surface area contributed by atoms with Crippen molar-refractivity contribution >= 4 is 6.09 Å². The lowest BCUT2D eigenvalue weighted by Crippen LogP contribution is -2.28. The maximum Gasteiger partial charge on any atom is 0.407 e. The van der Waals surface area contributed by atoms with E-state index in [4.69, 9.17) is 9.84 Å². The Morgan fingerprint density at radius 1 is 1.47 bits per heavy atom. The fourth-order valence-electron chi connectivity index (χ4n) is 1.35. The van der Waals surface area contributed by atoms with Gasteiger partial charge in [-0.3, -0.25) is 0 Å². The molecule has 1 N–H and O–H groups in total. The Kier molecular flexibility index (Phi) is 3.97. The number of benzene rings is 1. The summed E-state index contributed by atoms with van der Waals surface area (Å²) in [5.74, 6) is 0.720. The number of rotatable bonds is 4. The zero-order valence-electron chi connectivity index (χ0n) is 8.93. The molecule has 0 aliphatic rings. The predicted molar refractivity (Wildman–Crippen MR) is 57.1 cm³/mol. The zero-order valence-corrected chi connectivity index (χ0v) is 8.93. The average Bonchev–Trinajstić information content (AvgIpc) is 2.25. The van der Waals surface area contributed by atoms with Crippen LogP contribution in [0, 0.1) is 0 Å². The van der Waals surface area contributed by atoms with E-state index < -0.39 is 6.09 Å². The third-order valence-corrected chi connectivity index (χ3v) is 2.21. The molecular formula is C11H15NO3. The molecule has 0 aliphatic heterocycles. The molecule has 0 radical (unpaired) electrons. The highest BCUT2D eigenvalue weighted by atomic mass is 16.5. The fraction of sp³-hybridized carbons (Fsp3) is 0.364. The number of carbonyl (C=O) groups is 1. The number of methoxy groups -OCH3 is 1. The summed E-state index contributed by atoms with van der Waals surface area (Å²) in [6.45, 7) is 2.63. The molecule has 1 rings (SSSR count). The first-order chi connectivity index (χ1) is 7.19. The van der Waals surface area contributed by atoms with Crippen LogP contribution in [-0.4, -0.2) is 29.8 Å². The van der Waals surface area contributed by atoms with Crippen LogP contribution in [0.5, 0.6) is 5.75 Å². The molecule has 1 aromatic rings. The van der Waals surface area contributed by atoms with Gasteiger partial charge in [0.15, 0.2) is 0 Å². The van der Waals surface area contributed by atoms with E-state index in [9.17, 15) is 4.79 Å². The van der Waals surface area contributed by atoms with E-state index in [-0.39, 0.29) is 0 Å². The Hall–Kier alpha value is -1.71. The molecule has 0 spiro atoms. The van der Waals surface area contributed by atoms with Crippen molar-refractivity contribution in [3.8, 4) is 5.75 Å². The second-order valence-electron chi connectivity index (χ2n) is 3.11. The van der Waals surface area contributed by atoms with Crippen LogP contribution in [0.25, 0.3) is 0 Å². The standard InChI is InChI=1S/C11H15NO3/c1-3-12(11(13)14)8-9-6-4-5-7-10(9)15-2/h4-7H,3,8H2,1-2H3,(H,13,14). The van der Waals surface area contributed by atoms with Crippen molar-refractivity contribution in [2.75, 3.05) is 13.7 Å². The topological polar surface area (TPSA) is 49.8 Å². The van der Waals surface area contributed by atoms with Crippen LogP contribution in [0.15, 0.2) is 24.3 Å². The zero-order chi connectivity index (χ0) is 11.3. The monoisotopic (exact) mass is 209 g/mol. The van der Waals surface area contributed by atoms with Gasteiger partial charge >= 0.3 is 6.09 Å². The van der Waals surface area contributed by atoms with E-state index >= 15 is 0 Å². The summed E-state index contributed by atoms with van der Waals surface area (Å²) in [5.41, 5.74) is 0.879. The molecule has 4 nitrogen and oxygen atoms in total. The number of amides is 1. The maximum absolute atomic E-state index is 10.8. The molecule has 0 aliphatic carbocycles. The van der Waals surface area contributed by atoms with Crippen molar-refractivity contribution in [1.82, 2.24) is 4.90 Å². The molecular weight excluding hydrogens is 194 g/mol. The van der Waals surface area contributed by atoms with Crippen LogP contribution in [0.2, 0.25) is 0 Å². The molecule has 0 fully saturated rings. The molecule has 0 saturated carbocycles. The van der Waals surface area contributed by atoms with Gasteiger partial charge in [-0.05, 0) is 13.0 Å². The van der Waals surface area contributed by atoms with Crippen LogP contribution >= 0.6 is 0 Å². The highest BCUT2D eigenvalue weighted by molar-refractivity contribution is 5.65. The normalized spacial score (nSPS) is 9.73. The summed E-state index contributed by atoms with van der Waals surface area (Å²) in [7, 11) is 1.58. The number of ether oxygens (including phenoxy) is 1. The van der Waals surface area contributed by atoms with Gasteiger partial charge in [0.1, 0.15) is 5.75 Å². The number of hydrogen-bond donors (Lipinski definition) is 1. The molecule has 15 heavy (non-hydrogen) atoms. The lowest BCUT2D eigenvalue weighted by atomic mass is 10.2. The van der Waals surface area contributed by atoms with Crippen molar-refractivity contribution in [1.29, 1.82) is 0 Å². The van der Waals surface area contributed by atoms with Gasteiger partial charge in [0.05, 0.1) is 13.7 Å². The van der Waals surface area contributed by atoms with Crippen LogP contribution in [0.1, 0.15) is 12.5 Å². The van der Waals surface area contributed by atoms with E-state index in [0.717, 1.165) is 11.3 Å². The Balaban J connectivity index is 2.82. The van der Waals surface area contributed by atoms with Gasteiger partial charge in [-0.2, -0.15) is 0 Å². The van der Waals surface area contributed by atoms with Gasteiger partial charge in [0.2, 0.25) is 0 Å². The van der Waals surface area contributed by atoms with Gasteiger partial charge < -0.3 is 14.7 Å². The number of para-hydroxylation sites is 1. The molecule has 0 atom stereocenters. The van der Waals surface area contributed by atoms with E-state index in [1.54, 1.807) is 7.11 Å². The summed E-state index contributed by atoms with van der Waals surface area (Å²) in [4.78, 5) is 12.2. The fourth-order valence-corrected chi connectivity index (χ4v) is 1.35. The van der Waals surface area contributed by atoms with Crippen molar-refractivity contribution in [3.63, 3.8) is 0 Å². The molecule has 0 unspecified atom stereocenters. The van der Waals surface area contributed by atoms with Crippen molar-refractivity contribution in [2.24, 2.45) is 0 Å². The van der Waals surface area contributed by atoms with Gasteiger partial charge in [0.25, 0.3) is 0 Å². The largest absolute Gasteiger partial charge is 0.496 e. The summed E-state index contributed by atoms with van der Waals surface area (Å²) >= 11 is 0. The summed E-state index contributed by atoms with van der Waals surface area (Å²) < 4.78 is 5.15. The Bertz CT molecular complexity index is 338. The first-order valence-electron chi connectivity index (χ1n) is 4.78. The van der Waals surface area contributed by atoms with E-state index in [1.165, 1.54) is 4.90 Å². The molecule has 4 heteroatoms. The van der Waals surface area contributed by atoms with Crippen LogP contribution in [0.3, 0.4) is 0 Å². The van der Waals surface area contributed by atoms with E-state index in [1.807, 2.05) is 31.2 Å². The van der Waals surface area contributed by atoms with Crippen LogP contribution in [-0.2, 0) is 6.54 Å². The van der Waals surface area contributed by atoms with Crippen LogP contribution in [0.4, 0.5) is 4.79 Å². The minimum atomic E-state index is -0.914. The van der Waals surface area contributed by atoms with Gasteiger partial charge in [-0.1, -0.05) is 18.2 Å². The minimum Gasteiger partial charge on any atom is -0.496 e. The predicted octanol–water partition coefficient (Wildman–Crippen LogP) is 2.20. The quantitative estimate of drug-likeness (QED) is 0.827. The lowest BCUT2D eigenvalue weighted by molar-refractivity contribution is 0.144. The summed E-state index contributed by atoms with van der Waals surface area (Å²) in [6.07, 6.45) is -0.914. The molecule has 0 saturated heterocycles. The number of carboxylic acid groups (broad SMARTS) is 1. The maximum atomic E-state index is 10.8. The van der Waals surface area contributed by atoms with Gasteiger partial charge in [0, 0.05) is 12.1 Å². The lowest BCUT2D eigenvalue weighted by Gasteiger charge is -2.18. The van der Waals surface area contributed by atoms with Crippen molar-refractivity contribution < 1.29 is 14.6 Å². The second kappa shape index (κ2) is 5.24. The third-order valence-electron chi connectivity index (χ3n) is 2.21. The van der Waals surface area contributed by atoms with Crippen molar-refractivity contribution in [2.45, 2.75) is 13.5 Å². The Labute approximate surface area is 89.1 Å². The molecule has 0 heterocycles. The average molecular weight is 209 g/mol. The van der Waals surface area contributed by atoms with Gasteiger partial charge in [-0.15, -0.1) is 0 Å². The van der Waals surface area contributed by atoms with E-state index in [2.05, 4.69) is 0 Å². The first kappa shape index (κ1) is 11.4. The first-order valence-corrected chi connectivity index (χ1v) is 4.78. The minimum absolute atomic E-state index is 0.357. The SMILES string of the molecule is CCN(Cc1ccccc1OC)C(=O)O. The van der Waals surface area contributed by atoms with Gasteiger partial charge in [-0.25, -0.2) is 4.79 Å². The molecule has 82 valence electrons. The molecule has 0 bridgehead atoms.